The van der Waals surface area contributed by atoms with Gasteiger partial charge in [-0.1, -0.05) is 30.3 Å². The van der Waals surface area contributed by atoms with Crippen molar-refractivity contribution < 1.29 is 4.79 Å². The maximum Gasteiger partial charge on any atom is 0.318 e. The molecule has 1 heterocycles. The van der Waals surface area contributed by atoms with Gasteiger partial charge < -0.3 is 10.2 Å². The molecule has 3 rings (SSSR count). The quantitative estimate of drug-likeness (QED) is 0.886. The van der Waals surface area contributed by atoms with Crippen LogP contribution in [0, 0.1) is 5.92 Å². The Bertz CT molecular complexity index is 626. The molecule has 1 saturated carbocycles. The summed E-state index contributed by atoms with van der Waals surface area (Å²) < 4.78 is 0. The van der Waals surface area contributed by atoms with Crippen LogP contribution in [-0.4, -0.2) is 22.0 Å². The monoisotopic (exact) mass is 309 g/mol. The number of benzene rings is 1. The molecule has 0 spiro atoms. The van der Waals surface area contributed by atoms with Crippen LogP contribution in [0.4, 0.5) is 4.79 Å². The van der Waals surface area contributed by atoms with Crippen molar-refractivity contribution in [3.63, 3.8) is 0 Å². The summed E-state index contributed by atoms with van der Waals surface area (Å²) >= 11 is 0. The van der Waals surface area contributed by atoms with E-state index in [1.807, 2.05) is 35.2 Å². The van der Waals surface area contributed by atoms with Crippen molar-refractivity contribution in [2.45, 2.75) is 38.9 Å². The standard InChI is InChI=1S/C19H23N3O/c1-15(18-7-8-18)22(14-17-5-3-2-4-6-17)19(23)21-13-16-9-11-20-12-10-16/h2-6,9-12,15,18H,7-8,13-14H2,1H3,(H,21,23)/t15-/m1/s1. The van der Waals surface area contributed by atoms with Crippen LogP contribution >= 0.6 is 0 Å². The van der Waals surface area contributed by atoms with Crippen molar-refractivity contribution in [3.05, 3.63) is 66.0 Å². The number of rotatable bonds is 6. The van der Waals surface area contributed by atoms with E-state index >= 15 is 0 Å². The maximum absolute atomic E-state index is 12.7. The highest BCUT2D eigenvalue weighted by atomic mass is 16.2. The Balaban J connectivity index is 1.65. The van der Waals surface area contributed by atoms with E-state index in [9.17, 15) is 4.79 Å². The number of amides is 2. The van der Waals surface area contributed by atoms with E-state index in [0.717, 1.165) is 5.56 Å². The van der Waals surface area contributed by atoms with Crippen LogP contribution in [0.3, 0.4) is 0 Å². The fourth-order valence-electron chi connectivity index (χ4n) is 2.79. The number of aromatic nitrogens is 1. The number of nitrogens with one attached hydrogen (secondary N) is 1. The van der Waals surface area contributed by atoms with Crippen LogP contribution in [0.1, 0.15) is 30.9 Å². The Kier molecular flexibility index (Phi) is 4.91. The Labute approximate surface area is 137 Å². The minimum absolute atomic E-state index is 0.00469. The summed E-state index contributed by atoms with van der Waals surface area (Å²) in [5, 5.41) is 3.04. The number of carbonyl (C=O) groups excluding carboxylic acids is 1. The Morgan fingerprint density at radius 1 is 1.17 bits per heavy atom. The fraction of sp³-hybridized carbons (Fsp3) is 0.368. The Morgan fingerprint density at radius 2 is 1.87 bits per heavy atom. The van der Waals surface area contributed by atoms with E-state index in [-0.39, 0.29) is 12.1 Å². The predicted octanol–water partition coefficient (Wildman–Crippen LogP) is 3.59. The smallest absolute Gasteiger partial charge is 0.318 e. The highest BCUT2D eigenvalue weighted by Crippen LogP contribution is 2.35. The molecule has 23 heavy (non-hydrogen) atoms. The van der Waals surface area contributed by atoms with Gasteiger partial charge in [0.1, 0.15) is 0 Å². The maximum atomic E-state index is 12.7. The topological polar surface area (TPSA) is 45.2 Å². The molecular formula is C19H23N3O. The summed E-state index contributed by atoms with van der Waals surface area (Å²) in [5.74, 6) is 0.644. The van der Waals surface area contributed by atoms with Crippen LogP contribution in [0.15, 0.2) is 54.9 Å². The molecule has 1 N–H and O–H groups in total. The lowest BCUT2D eigenvalue weighted by Gasteiger charge is -2.29. The lowest BCUT2D eigenvalue weighted by molar-refractivity contribution is 0.167. The van der Waals surface area contributed by atoms with Gasteiger partial charge in [0, 0.05) is 31.5 Å². The molecule has 1 aromatic carbocycles. The van der Waals surface area contributed by atoms with Crippen LogP contribution in [-0.2, 0) is 13.1 Å². The molecule has 0 radical (unpaired) electrons. The van der Waals surface area contributed by atoms with E-state index in [1.54, 1.807) is 12.4 Å². The molecular weight excluding hydrogens is 286 g/mol. The first-order valence-electron chi connectivity index (χ1n) is 8.21. The minimum atomic E-state index is 0.00469. The van der Waals surface area contributed by atoms with Crippen molar-refractivity contribution >= 4 is 6.03 Å². The fourth-order valence-corrected chi connectivity index (χ4v) is 2.79. The van der Waals surface area contributed by atoms with Gasteiger partial charge in [-0.3, -0.25) is 4.98 Å². The number of carbonyl (C=O) groups is 1. The third-order valence-corrected chi connectivity index (χ3v) is 4.45. The van der Waals surface area contributed by atoms with E-state index in [0.29, 0.717) is 19.0 Å². The summed E-state index contributed by atoms with van der Waals surface area (Å²) in [5.41, 5.74) is 2.23. The molecule has 1 aromatic heterocycles. The first-order chi connectivity index (χ1) is 11.2. The molecule has 4 nitrogen and oxygen atoms in total. The van der Waals surface area contributed by atoms with Crippen LogP contribution in [0.25, 0.3) is 0 Å². The minimum Gasteiger partial charge on any atom is -0.334 e. The molecule has 0 bridgehead atoms. The first kappa shape index (κ1) is 15.5. The van der Waals surface area contributed by atoms with Gasteiger partial charge in [0.25, 0.3) is 0 Å². The molecule has 1 atom stereocenters. The lowest BCUT2D eigenvalue weighted by Crippen LogP contribution is -2.45. The number of nitrogens with zero attached hydrogens (tertiary/aromatic N) is 2. The number of urea groups is 1. The number of hydrogen-bond donors (Lipinski definition) is 1. The molecule has 120 valence electrons. The summed E-state index contributed by atoms with van der Waals surface area (Å²) in [4.78, 5) is 18.7. The zero-order valence-electron chi connectivity index (χ0n) is 13.5. The van der Waals surface area contributed by atoms with Crippen molar-refractivity contribution in [3.8, 4) is 0 Å². The highest BCUT2D eigenvalue weighted by molar-refractivity contribution is 5.74. The Morgan fingerprint density at radius 3 is 2.52 bits per heavy atom. The van der Waals surface area contributed by atoms with Crippen LogP contribution in [0.5, 0.6) is 0 Å². The molecule has 1 fully saturated rings. The van der Waals surface area contributed by atoms with Gasteiger partial charge in [-0.15, -0.1) is 0 Å². The second-order valence-corrected chi connectivity index (χ2v) is 6.21. The molecule has 1 aliphatic rings. The van der Waals surface area contributed by atoms with E-state index in [1.165, 1.54) is 18.4 Å². The summed E-state index contributed by atoms with van der Waals surface area (Å²) in [7, 11) is 0. The molecule has 0 saturated heterocycles. The van der Waals surface area contributed by atoms with Gasteiger partial charge in [0.05, 0.1) is 0 Å². The van der Waals surface area contributed by atoms with Gasteiger partial charge in [-0.25, -0.2) is 4.79 Å². The van der Waals surface area contributed by atoms with Crippen molar-refractivity contribution in [1.29, 1.82) is 0 Å². The highest BCUT2D eigenvalue weighted by Gasteiger charge is 2.34. The number of pyridine rings is 1. The first-order valence-corrected chi connectivity index (χ1v) is 8.21. The third-order valence-electron chi connectivity index (χ3n) is 4.45. The molecule has 0 unspecified atom stereocenters. The van der Waals surface area contributed by atoms with Crippen molar-refractivity contribution in [1.82, 2.24) is 15.2 Å². The van der Waals surface area contributed by atoms with Gasteiger partial charge in [0.2, 0.25) is 0 Å². The predicted molar refractivity (Wildman–Crippen MR) is 90.6 cm³/mol. The van der Waals surface area contributed by atoms with Gasteiger partial charge in [0.15, 0.2) is 0 Å². The average molecular weight is 309 g/mol. The number of hydrogen-bond acceptors (Lipinski definition) is 2. The van der Waals surface area contributed by atoms with E-state index in [4.69, 9.17) is 0 Å². The summed E-state index contributed by atoms with van der Waals surface area (Å²) in [6, 6.07) is 14.3. The molecule has 0 aliphatic heterocycles. The molecule has 2 aromatic rings. The van der Waals surface area contributed by atoms with Crippen LogP contribution in [0.2, 0.25) is 0 Å². The third kappa shape index (κ3) is 4.31. The average Bonchev–Trinajstić information content (AvgIpc) is 3.44. The second-order valence-electron chi connectivity index (χ2n) is 6.21. The largest absolute Gasteiger partial charge is 0.334 e. The molecule has 4 heteroatoms. The van der Waals surface area contributed by atoms with Gasteiger partial charge in [-0.2, -0.15) is 0 Å². The van der Waals surface area contributed by atoms with Crippen molar-refractivity contribution in [2.75, 3.05) is 0 Å². The van der Waals surface area contributed by atoms with Gasteiger partial charge >= 0.3 is 6.03 Å². The second kappa shape index (κ2) is 7.27. The summed E-state index contributed by atoms with van der Waals surface area (Å²) in [6.07, 6.45) is 5.94. The zero-order valence-corrected chi connectivity index (χ0v) is 13.5. The summed E-state index contributed by atoms with van der Waals surface area (Å²) in [6.45, 7) is 3.34. The molecule has 1 aliphatic carbocycles. The SMILES string of the molecule is C[C@H](C1CC1)N(Cc1ccccc1)C(=O)NCc1ccncc1. The van der Waals surface area contributed by atoms with E-state index in [2.05, 4.69) is 29.4 Å². The van der Waals surface area contributed by atoms with Crippen molar-refractivity contribution in [2.24, 2.45) is 5.92 Å². The van der Waals surface area contributed by atoms with E-state index < -0.39 is 0 Å². The molecule has 2 amide bonds. The van der Waals surface area contributed by atoms with Crippen LogP contribution < -0.4 is 5.32 Å². The van der Waals surface area contributed by atoms with Gasteiger partial charge in [-0.05, 0) is 48.9 Å². The normalized spacial score (nSPS) is 15.0. The Hall–Kier alpha value is -2.36. The zero-order chi connectivity index (χ0) is 16.1. The lowest BCUT2D eigenvalue weighted by atomic mass is 10.1.